The van der Waals surface area contributed by atoms with E-state index in [9.17, 15) is 0 Å². The van der Waals surface area contributed by atoms with Gasteiger partial charge in [-0.2, -0.15) is 0 Å². The number of hydrogen-bond acceptors (Lipinski definition) is 10. The van der Waals surface area contributed by atoms with Gasteiger partial charge in [-0.25, -0.2) is 15.0 Å². The van der Waals surface area contributed by atoms with Crippen LogP contribution >= 0.6 is 0 Å². The van der Waals surface area contributed by atoms with Crippen molar-refractivity contribution >= 4 is 22.7 Å². The van der Waals surface area contributed by atoms with Gasteiger partial charge < -0.3 is 25.7 Å². The van der Waals surface area contributed by atoms with Gasteiger partial charge in [0.2, 0.25) is 5.88 Å². The second-order valence-electron chi connectivity index (χ2n) is 7.73. The van der Waals surface area contributed by atoms with Crippen LogP contribution in [0.1, 0.15) is 17.5 Å². The first-order valence-corrected chi connectivity index (χ1v) is 10.3. The van der Waals surface area contributed by atoms with Gasteiger partial charge in [0.15, 0.2) is 11.4 Å². The number of fused-ring (bicyclic) bond motifs is 5. The summed E-state index contributed by atoms with van der Waals surface area (Å²) in [6.07, 6.45) is 5.45. The van der Waals surface area contributed by atoms with Crippen LogP contribution in [0.25, 0.3) is 22.4 Å². The molecule has 0 saturated heterocycles. The minimum absolute atomic E-state index is 0.113. The Morgan fingerprint density at radius 3 is 2.70 bits per heavy atom. The third kappa shape index (κ3) is 2.84. The van der Waals surface area contributed by atoms with E-state index in [0.29, 0.717) is 58.5 Å². The number of rotatable bonds is 2. The van der Waals surface area contributed by atoms with Gasteiger partial charge in [-0.1, -0.05) is 0 Å². The first-order chi connectivity index (χ1) is 16.1. The molecule has 1 aromatic carbocycles. The van der Waals surface area contributed by atoms with E-state index < -0.39 is 5.60 Å². The van der Waals surface area contributed by atoms with Gasteiger partial charge in [0.25, 0.3) is 6.02 Å². The van der Waals surface area contributed by atoms with Gasteiger partial charge in [0.05, 0.1) is 18.8 Å². The minimum atomic E-state index is -0.915. The van der Waals surface area contributed by atoms with Crippen LogP contribution in [-0.2, 0) is 10.3 Å². The fraction of sp³-hybridized carbons (Fsp3) is 0.174. The van der Waals surface area contributed by atoms with E-state index >= 15 is 0 Å². The van der Waals surface area contributed by atoms with Crippen LogP contribution < -0.4 is 20.9 Å². The third-order valence-corrected chi connectivity index (χ3v) is 5.87. The molecule has 5 heterocycles. The summed E-state index contributed by atoms with van der Waals surface area (Å²) in [5, 5.41) is 0. The molecule has 0 bridgehead atoms. The van der Waals surface area contributed by atoms with Gasteiger partial charge >= 0.3 is 0 Å². The maximum atomic E-state index is 6.38. The maximum absolute atomic E-state index is 6.38. The number of nitrogens with zero attached hydrogens (tertiary/aromatic N) is 5. The number of nitrogens with two attached hydrogens (primary N) is 2. The van der Waals surface area contributed by atoms with Crippen LogP contribution in [0.15, 0.2) is 53.9 Å². The van der Waals surface area contributed by atoms with E-state index in [1.807, 2.05) is 18.2 Å². The van der Waals surface area contributed by atoms with E-state index in [1.165, 1.54) is 0 Å². The zero-order valence-corrected chi connectivity index (χ0v) is 17.6. The minimum Gasteiger partial charge on any atom is -0.480 e. The van der Waals surface area contributed by atoms with E-state index in [0.717, 1.165) is 11.1 Å². The molecule has 0 radical (unpaired) electrons. The van der Waals surface area contributed by atoms with Crippen LogP contribution in [0.3, 0.4) is 0 Å². The molecule has 2 aliphatic heterocycles. The van der Waals surface area contributed by atoms with Gasteiger partial charge in [-0.05, 0) is 30.3 Å². The van der Waals surface area contributed by atoms with Crippen molar-refractivity contribution in [1.82, 2.24) is 19.9 Å². The Morgan fingerprint density at radius 2 is 1.85 bits per heavy atom. The molecular weight excluding hydrogens is 422 g/mol. The summed E-state index contributed by atoms with van der Waals surface area (Å²) < 4.78 is 17.8. The highest BCUT2D eigenvalue weighted by atomic mass is 16.5. The van der Waals surface area contributed by atoms with Crippen molar-refractivity contribution in [3.63, 3.8) is 0 Å². The molecule has 1 atom stereocenters. The smallest absolute Gasteiger partial charge is 0.283 e. The molecule has 0 saturated carbocycles. The number of methoxy groups -OCH3 is 1. The topological polar surface area (TPSA) is 144 Å². The fourth-order valence-electron chi connectivity index (χ4n) is 4.41. The Hall–Kier alpha value is -4.47. The van der Waals surface area contributed by atoms with Crippen LogP contribution in [0.2, 0.25) is 0 Å². The fourth-order valence-corrected chi connectivity index (χ4v) is 4.41. The second-order valence-corrected chi connectivity index (χ2v) is 7.73. The number of nitrogen functional groups attached to an aromatic ring is 1. The summed E-state index contributed by atoms with van der Waals surface area (Å²) in [5.74, 6) is 1.53. The quantitative estimate of drug-likeness (QED) is 0.449. The second kappa shape index (κ2) is 7.02. The van der Waals surface area contributed by atoms with Gasteiger partial charge in [-0.3, -0.25) is 9.97 Å². The van der Waals surface area contributed by atoms with Crippen molar-refractivity contribution in [3.05, 3.63) is 60.0 Å². The Bertz CT molecular complexity index is 1460. The van der Waals surface area contributed by atoms with Gasteiger partial charge in [0.1, 0.15) is 22.7 Å². The Labute approximate surface area is 188 Å². The van der Waals surface area contributed by atoms with Crippen molar-refractivity contribution in [1.29, 1.82) is 0 Å². The predicted octanol–water partition coefficient (Wildman–Crippen LogP) is 2.76. The highest BCUT2D eigenvalue weighted by Gasteiger charge is 2.47. The van der Waals surface area contributed by atoms with Crippen molar-refractivity contribution in [2.45, 2.75) is 12.0 Å². The molecule has 6 rings (SSSR count). The van der Waals surface area contributed by atoms with Gasteiger partial charge in [0, 0.05) is 42.2 Å². The van der Waals surface area contributed by atoms with Crippen molar-refractivity contribution in [3.8, 4) is 28.8 Å². The molecule has 1 spiro atoms. The first kappa shape index (κ1) is 19.2. The first-order valence-electron chi connectivity index (χ1n) is 10.3. The molecule has 0 fully saturated rings. The molecule has 1 unspecified atom stereocenters. The Kier molecular flexibility index (Phi) is 4.09. The molecule has 4 N–H and O–H groups in total. The Morgan fingerprint density at radius 1 is 1.00 bits per heavy atom. The van der Waals surface area contributed by atoms with Crippen molar-refractivity contribution in [2.75, 3.05) is 19.4 Å². The number of benzene rings is 1. The lowest BCUT2D eigenvalue weighted by molar-refractivity contribution is 0.0637. The molecule has 3 aromatic heterocycles. The Balaban J connectivity index is 1.62. The van der Waals surface area contributed by atoms with Crippen molar-refractivity contribution in [2.24, 2.45) is 10.7 Å². The zero-order valence-electron chi connectivity index (χ0n) is 17.6. The number of aliphatic imine (C=N–C) groups is 1. The summed E-state index contributed by atoms with van der Waals surface area (Å²) in [7, 11) is 1.55. The molecule has 0 aliphatic carbocycles. The van der Waals surface area contributed by atoms with E-state index in [1.54, 1.807) is 37.8 Å². The zero-order chi connectivity index (χ0) is 22.6. The number of hydrogen-bond donors (Lipinski definition) is 2. The lowest BCUT2D eigenvalue weighted by Crippen LogP contribution is -2.42. The van der Waals surface area contributed by atoms with E-state index in [-0.39, 0.29) is 6.02 Å². The number of amidine groups is 1. The molecule has 0 amide bonds. The molecule has 33 heavy (non-hydrogen) atoms. The van der Waals surface area contributed by atoms with E-state index in [2.05, 4.69) is 24.9 Å². The standard InChI is InChI=1S/C23H19N7O3/c1-31-17-11-29-18-15(30-17)5-8-26-19(18)20-21-13(4-7-27-20)23(6-9-28-22(25)33-23)14-10-12(24)2-3-16(14)32-21/h2-5,7-8,10-11H,6,9,24H2,1H3,(H2,25,28). The molecular formula is C23H19N7O3. The molecule has 2 aliphatic rings. The average molecular weight is 441 g/mol. The third-order valence-electron chi connectivity index (χ3n) is 5.87. The number of ether oxygens (including phenoxy) is 3. The molecule has 4 aromatic rings. The van der Waals surface area contributed by atoms with Crippen LogP contribution in [0.5, 0.6) is 17.4 Å². The monoisotopic (exact) mass is 441 g/mol. The van der Waals surface area contributed by atoms with Gasteiger partial charge in [-0.15, -0.1) is 0 Å². The van der Waals surface area contributed by atoms with Crippen LogP contribution in [0, 0.1) is 0 Å². The normalized spacial score (nSPS) is 18.6. The SMILES string of the molecule is COc1cnc2c(-c3nccc4c3Oc3ccc(N)cc3C43CCN=C(N)O3)nccc2n1. The summed E-state index contributed by atoms with van der Waals surface area (Å²) in [5.41, 5.74) is 15.6. The largest absolute Gasteiger partial charge is 0.480 e. The summed E-state index contributed by atoms with van der Waals surface area (Å²) in [6.45, 7) is 0.495. The van der Waals surface area contributed by atoms with E-state index in [4.69, 9.17) is 25.7 Å². The summed E-state index contributed by atoms with van der Waals surface area (Å²) >= 11 is 0. The van der Waals surface area contributed by atoms with Crippen LogP contribution in [0.4, 0.5) is 5.69 Å². The predicted molar refractivity (Wildman–Crippen MR) is 121 cm³/mol. The number of anilines is 1. The highest BCUT2D eigenvalue weighted by Crippen LogP contribution is 2.54. The lowest BCUT2D eigenvalue weighted by atomic mass is 9.79. The number of pyridine rings is 2. The summed E-state index contributed by atoms with van der Waals surface area (Å²) in [6, 6.07) is 9.20. The van der Waals surface area contributed by atoms with Crippen molar-refractivity contribution < 1.29 is 14.2 Å². The number of aromatic nitrogens is 4. The summed E-state index contributed by atoms with van der Waals surface area (Å²) in [4.78, 5) is 22.4. The lowest BCUT2D eigenvalue weighted by Gasteiger charge is -2.41. The molecule has 10 heteroatoms. The highest BCUT2D eigenvalue weighted by molar-refractivity contribution is 5.90. The molecule has 10 nitrogen and oxygen atoms in total. The molecule has 164 valence electrons. The average Bonchev–Trinajstić information content (AvgIpc) is 2.84. The van der Waals surface area contributed by atoms with Crippen LogP contribution in [-0.4, -0.2) is 39.6 Å². The maximum Gasteiger partial charge on any atom is 0.283 e.